The monoisotopic (exact) mass is 436 g/mol. The van der Waals surface area contributed by atoms with Gasteiger partial charge in [-0.15, -0.1) is 0 Å². The molecule has 7 heteroatoms. The van der Waals surface area contributed by atoms with E-state index in [0.717, 1.165) is 21.7 Å². The zero-order valence-electron chi connectivity index (χ0n) is 17.1. The first-order chi connectivity index (χ1) is 15.1. The van der Waals surface area contributed by atoms with Gasteiger partial charge in [0.15, 0.2) is 0 Å². The number of halogens is 2. The molecule has 1 aromatic carbocycles. The molecule has 1 N–H and O–H groups in total. The van der Waals surface area contributed by atoms with Crippen molar-refractivity contribution in [2.75, 3.05) is 7.05 Å². The average Bonchev–Trinajstić information content (AvgIpc) is 3.16. The fourth-order valence-electron chi connectivity index (χ4n) is 3.39. The maximum absolute atomic E-state index is 15.1. The lowest BCUT2D eigenvalue weighted by Gasteiger charge is -2.10. The van der Waals surface area contributed by atoms with E-state index in [1.165, 1.54) is 24.2 Å². The number of rotatable bonds is 8. The van der Waals surface area contributed by atoms with E-state index in [4.69, 9.17) is 0 Å². The largest absolute Gasteiger partial charge is 0.316 e. The Morgan fingerprint density at radius 2 is 1.87 bits per heavy atom. The molecule has 4 aromatic rings. The molecule has 0 spiro atoms. The summed E-state index contributed by atoms with van der Waals surface area (Å²) >= 11 is 1.49. The van der Waals surface area contributed by atoms with Crippen LogP contribution in [-0.4, -0.2) is 21.0 Å². The SMILES string of the molecule is CNCc1cc(-c2ccc(CCc3cccnc3F)cc2F)n(Sc2cccnc2)c1. The van der Waals surface area contributed by atoms with Crippen LogP contribution in [-0.2, 0) is 19.4 Å². The summed E-state index contributed by atoms with van der Waals surface area (Å²) in [5.74, 6) is -0.770. The Bertz CT molecular complexity index is 1160. The third-order valence-corrected chi connectivity index (χ3v) is 5.84. The first-order valence-corrected chi connectivity index (χ1v) is 10.7. The molecule has 3 heterocycles. The topological polar surface area (TPSA) is 42.7 Å². The second-order valence-corrected chi connectivity index (χ2v) is 8.18. The quantitative estimate of drug-likeness (QED) is 0.382. The van der Waals surface area contributed by atoms with E-state index in [-0.39, 0.29) is 5.82 Å². The van der Waals surface area contributed by atoms with Gasteiger partial charge in [0.25, 0.3) is 0 Å². The minimum absolute atomic E-state index is 0.300. The Morgan fingerprint density at radius 1 is 1.00 bits per heavy atom. The molecule has 0 radical (unpaired) electrons. The molecule has 0 aliphatic rings. The number of hydrogen-bond donors (Lipinski definition) is 1. The lowest BCUT2D eigenvalue weighted by Crippen LogP contribution is -2.03. The van der Waals surface area contributed by atoms with Gasteiger partial charge in [0.1, 0.15) is 5.82 Å². The highest BCUT2D eigenvalue weighted by Gasteiger charge is 2.14. The zero-order chi connectivity index (χ0) is 21.6. The molecule has 3 aromatic heterocycles. The van der Waals surface area contributed by atoms with Crippen LogP contribution in [0.15, 0.2) is 78.2 Å². The summed E-state index contributed by atoms with van der Waals surface area (Å²) in [7, 11) is 1.88. The summed E-state index contributed by atoms with van der Waals surface area (Å²) in [4.78, 5) is 8.79. The van der Waals surface area contributed by atoms with Gasteiger partial charge in [-0.1, -0.05) is 12.1 Å². The molecular formula is C24H22F2N4S. The second-order valence-electron chi connectivity index (χ2n) is 7.14. The van der Waals surface area contributed by atoms with E-state index < -0.39 is 5.95 Å². The average molecular weight is 437 g/mol. The summed E-state index contributed by atoms with van der Waals surface area (Å²) < 4.78 is 30.8. The van der Waals surface area contributed by atoms with Gasteiger partial charge < -0.3 is 5.32 Å². The summed E-state index contributed by atoms with van der Waals surface area (Å²) in [5, 5.41) is 3.14. The second kappa shape index (κ2) is 9.85. The van der Waals surface area contributed by atoms with E-state index in [1.807, 2.05) is 41.5 Å². The van der Waals surface area contributed by atoms with E-state index >= 15 is 4.39 Å². The van der Waals surface area contributed by atoms with Crippen molar-refractivity contribution in [3.05, 3.63) is 102 Å². The summed E-state index contributed by atoms with van der Waals surface area (Å²) in [6, 6.07) is 14.5. The minimum atomic E-state index is -0.470. The molecule has 0 unspecified atom stereocenters. The van der Waals surface area contributed by atoms with Gasteiger partial charge >= 0.3 is 0 Å². The number of aromatic nitrogens is 3. The lowest BCUT2D eigenvalue weighted by molar-refractivity contribution is 0.565. The highest BCUT2D eigenvalue weighted by Crippen LogP contribution is 2.32. The molecule has 0 fully saturated rings. The molecule has 0 aliphatic carbocycles. The normalized spacial score (nSPS) is 11.1. The van der Waals surface area contributed by atoms with Crippen molar-refractivity contribution < 1.29 is 8.78 Å². The molecule has 158 valence electrons. The van der Waals surface area contributed by atoms with Gasteiger partial charge in [-0.05, 0) is 79.4 Å². The third-order valence-electron chi connectivity index (χ3n) is 4.89. The van der Waals surface area contributed by atoms with Crippen molar-refractivity contribution in [2.24, 2.45) is 0 Å². The number of benzene rings is 1. The Labute approximate surface area is 184 Å². The predicted octanol–water partition coefficient (Wildman–Crippen LogP) is 5.28. The Hall–Kier alpha value is -3.03. The van der Waals surface area contributed by atoms with Crippen LogP contribution < -0.4 is 5.32 Å². The molecule has 4 rings (SSSR count). The molecule has 0 atom stereocenters. The van der Waals surface area contributed by atoms with Gasteiger partial charge in [0.2, 0.25) is 5.95 Å². The van der Waals surface area contributed by atoms with Crippen LogP contribution in [0.2, 0.25) is 0 Å². The van der Waals surface area contributed by atoms with Crippen molar-refractivity contribution in [3.8, 4) is 11.3 Å². The maximum atomic E-state index is 15.1. The predicted molar refractivity (Wildman–Crippen MR) is 120 cm³/mol. The Balaban J connectivity index is 1.59. The van der Waals surface area contributed by atoms with E-state index in [9.17, 15) is 4.39 Å². The molecule has 0 aliphatic heterocycles. The first kappa shape index (κ1) is 21.2. The standard InChI is InChI=1S/C24H22F2N4S/c1-27-14-18-13-23(30(16-18)31-20-5-3-10-28-15-20)21-9-7-17(12-22(21)25)6-8-19-4-2-11-29-24(19)26/h2-5,7,9-13,15-16,27H,6,8,14H2,1H3. The molecule has 0 amide bonds. The molecule has 4 nitrogen and oxygen atoms in total. The van der Waals surface area contributed by atoms with Crippen LogP contribution in [0.1, 0.15) is 16.7 Å². The Morgan fingerprint density at radius 3 is 2.61 bits per heavy atom. The fraction of sp³-hybridized carbons (Fsp3) is 0.167. The van der Waals surface area contributed by atoms with Gasteiger partial charge in [0.05, 0.1) is 5.69 Å². The van der Waals surface area contributed by atoms with Gasteiger partial charge in [-0.25, -0.2) is 9.37 Å². The van der Waals surface area contributed by atoms with Crippen LogP contribution in [0, 0.1) is 11.8 Å². The number of hydrogen-bond acceptors (Lipinski definition) is 4. The summed E-state index contributed by atoms with van der Waals surface area (Å²) in [6.45, 7) is 0.685. The summed E-state index contributed by atoms with van der Waals surface area (Å²) in [6.07, 6.45) is 7.94. The number of nitrogens with zero attached hydrogens (tertiary/aromatic N) is 3. The molecule has 0 saturated carbocycles. The minimum Gasteiger partial charge on any atom is -0.316 e. The van der Waals surface area contributed by atoms with Crippen molar-refractivity contribution >= 4 is 11.9 Å². The van der Waals surface area contributed by atoms with Crippen LogP contribution in [0.3, 0.4) is 0 Å². The maximum Gasteiger partial charge on any atom is 0.216 e. The highest BCUT2D eigenvalue weighted by molar-refractivity contribution is 7.98. The fourth-order valence-corrected chi connectivity index (χ4v) is 4.30. The van der Waals surface area contributed by atoms with Crippen LogP contribution in [0.5, 0.6) is 0 Å². The number of nitrogens with one attached hydrogen (secondary N) is 1. The van der Waals surface area contributed by atoms with Crippen LogP contribution in [0.4, 0.5) is 8.78 Å². The third kappa shape index (κ3) is 5.18. The van der Waals surface area contributed by atoms with E-state index in [0.29, 0.717) is 30.5 Å². The van der Waals surface area contributed by atoms with Crippen molar-refractivity contribution in [1.82, 2.24) is 19.3 Å². The van der Waals surface area contributed by atoms with Crippen molar-refractivity contribution in [1.29, 1.82) is 0 Å². The van der Waals surface area contributed by atoms with Crippen molar-refractivity contribution in [2.45, 2.75) is 24.3 Å². The number of aryl methyl sites for hydroxylation is 2. The molecule has 0 saturated heterocycles. The van der Waals surface area contributed by atoms with E-state index in [2.05, 4.69) is 15.3 Å². The number of pyridine rings is 2. The van der Waals surface area contributed by atoms with Crippen LogP contribution in [0.25, 0.3) is 11.3 Å². The summed E-state index contributed by atoms with van der Waals surface area (Å²) in [5.41, 5.74) is 3.71. The smallest absolute Gasteiger partial charge is 0.216 e. The van der Waals surface area contributed by atoms with Gasteiger partial charge in [-0.2, -0.15) is 4.39 Å². The lowest BCUT2D eigenvalue weighted by atomic mass is 10.0. The van der Waals surface area contributed by atoms with E-state index in [1.54, 1.807) is 30.6 Å². The molecule has 31 heavy (non-hydrogen) atoms. The Kier molecular flexibility index (Phi) is 6.74. The van der Waals surface area contributed by atoms with Gasteiger partial charge in [-0.3, -0.25) is 8.96 Å². The van der Waals surface area contributed by atoms with Crippen LogP contribution >= 0.6 is 11.9 Å². The zero-order valence-corrected chi connectivity index (χ0v) is 17.9. The molecule has 0 bridgehead atoms. The highest BCUT2D eigenvalue weighted by atomic mass is 32.2. The van der Waals surface area contributed by atoms with Gasteiger partial charge in [0, 0.05) is 47.4 Å². The molecular weight excluding hydrogens is 414 g/mol. The first-order valence-electron chi connectivity index (χ1n) is 9.96. The van der Waals surface area contributed by atoms with Crippen molar-refractivity contribution in [3.63, 3.8) is 0 Å².